The lowest BCUT2D eigenvalue weighted by molar-refractivity contribution is 1.18. The third-order valence-corrected chi connectivity index (χ3v) is 12.2. The number of rotatable bonds is 7. The lowest BCUT2D eigenvalue weighted by Crippen LogP contribution is -1.96. The summed E-state index contributed by atoms with van der Waals surface area (Å²) in [5.74, 6) is 0.688. The third-order valence-electron chi connectivity index (χ3n) is 12.2. The summed E-state index contributed by atoms with van der Waals surface area (Å²) in [4.78, 5) is 15.8. The van der Waals surface area contributed by atoms with Crippen molar-refractivity contribution in [3.63, 3.8) is 0 Å². The normalized spacial score (nSPS) is 11.5. The Hall–Kier alpha value is -8.47. The summed E-state index contributed by atoms with van der Waals surface area (Å²) >= 11 is 0. The van der Waals surface area contributed by atoms with Crippen molar-refractivity contribution in [2.24, 2.45) is 0 Å². The molecule has 9 aromatic carbocycles. The van der Waals surface area contributed by atoms with Crippen molar-refractivity contribution in [2.45, 2.75) is 0 Å². The largest absolute Gasteiger partial charge is 0.309 e. The van der Waals surface area contributed by atoms with Gasteiger partial charge < -0.3 is 4.57 Å². The van der Waals surface area contributed by atoms with E-state index in [1.54, 1.807) is 0 Å². The lowest BCUT2D eigenvalue weighted by Gasteiger charge is -2.16. The molecule has 0 aliphatic carbocycles. The maximum atomic E-state index is 5.49. The number of fused-ring (bicyclic) bond motifs is 6. The standard InChI is InChI=1S/C59H38N4/c1-5-17-39(18-6-1)40-31-33-41(34-32-40)53-38-54(62-59(61-53)43-21-9-3-10-22-43)45-24-15-23-44(35-45)47-28-16-29-52-57(47)50-36-49-48-27-13-14-30-55(48)63(46-25-11-4-12-26-46)56(49)37-51(50)58(60-52)42-19-7-2-8-20-42/h1-38H. The Morgan fingerprint density at radius 1 is 0.302 bits per heavy atom. The van der Waals surface area contributed by atoms with Crippen LogP contribution in [-0.2, 0) is 0 Å². The quantitative estimate of drug-likeness (QED) is 0.151. The summed E-state index contributed by atoms with van der Waals surface area (Å²) < 4.78 is 2.38. The van der Waals surface area contributed by atoms with Gasteiger partial charge in [0.15, 0.2) is 5.82 Å². The Morgan fingerprint density at radius 3 is 1.62 bits per heavy atom. The number of para-hydroxylation sites is 2. The molecule has 3 heterocycles. The Bertz CT molecular complexity index is 3640. The van der Waals surface area contributed by atoms with Crippen LogP contribution in [0.25, 0.3) is 117 Å². The van der Waals surface area contributed by atoms with Crippen LogP contribution in [0.2, 0.25) is 0 Å². The molecule has 0 amide bonds. The van der Waals surface area contributed by atoms with E-state index in [1.165, 1.54) is 27.4 Å². The molecule has 0 spiro atoms. The highest BCUT2D eigenvalue weighted by Gasteiger charge is 2.20. The van der Waals surface area contributed by atoms with E-state index in [0.29, 0.717) is 5.82 Å². The van der Waals surface area contributed by atoms with Crippen molar-refractivity contribution in [3.8, 4) is 73.1 Å². The van der Waals surface area contributed by atoms with E-state index in [-0.39, 0.29) is 0 Å². The molecule has 0 bridgehead atoms. The minimum absolute atomic E-state index is 0.688. The molecule has 0 fully saturated rings. The van der Waals surface area contributed by atoms with Crippen molar-refractivity contribution in [1.29, 1.82) is 0 Å². The van der Waals surface area contributed by atoms with E-state index in [4.69, 9.17) is 15.0 Å². The maximum absolute atomic E-state index is 5.49. The van der Waals surface area contributed by atoms with E-state index in [9.17, 15) is 0 Å². The van der Waals surface area contributed by atoms with Gasteiger partial charge in [-0.3, -0.25) is 0 Å². The van der Waals surface area contributed by atoms with Crippen LogP contribution in [-0.4, -0.2) is 19.5 Å². The molecule has 0 aliphatic heterocycles. The van der Waals surface area contributed by atoms with E-state index < -0.39 is 0 Å². The van der Waals surface area contributed by atoms with Crippen molar-refractivity contribution in [1.82, 2.24) is 19.5 Å². The highest BCUT2D eigenvalue weighted by atomic mass is 15.0. The van der Waals surface area contributed by atoms with Crippen LogP contribution in [0.1, 0.15) is 0 Å². The van der Waals surface area contributed by atoms with Gasteiger partial charge in [0.25, 0.3) is 0 Å². The number of hydrogen-bond acceptors (Lipinski definition) is 3. The summed E-state index contributed by atoms with van der Waals surface area (Å²) in [6.45, 7) is 0. The average Bonchev–Trinajstić information content (AvgIpc) is 3.69. The topological polar surface area (TPSA) is 43.6 Å². The lowest BCUT2D eigenvalue weighted by atomic mass is 9.92. The maximum Gasteiger partial charge on any atom is 0.160 e. The van der Waals surface area contributed by atoms with Crippen LogP contribution in [0.4, 0.5) is 0 Å². The van der Waals surface area contributed by atoms with Gasteiger partial charge in [-0.2, -0.15) is 0 Å². The van der Waals surface area contributed by atoms with E-state index >= 15 is 0 Å². The molecule has 4 nitrogen and oxygen atoms in total. The van der Waals surface area contributed by atoms with Gasteiger partial charge in [-0.05, 0) is 76.2 Å². The van der Waals surface area contributed by atoms with Gasteiger partial charge in [-0.25, -0.2) is 15.0 Å². The minimum atomic E-state index is 0.688. The molecule has 0 aliphatic rings. The zero-order chi connectivity index (χ0) is 41.7. The SMILES string of the molecule is c1ccc(-c2ccc(-c3cc(-c4cccc(-c5cccc6nc(-c7ccccc7)c7cc8c(cc7c56)c5ccccc5n8-c5ccccc5)c4)nc(-c4ccccc4)n3)cc2)cc1. The summed E-state index contributed by atoms with van der Waals surface area (Å²) in [7, 11) is 0. The molecule has 4 heteroatoms. The molecule has 0 unspecified atom stereocenters. The van der Waals surface area contributed by atoms with Gasteiger partial charge in [0, 0.05) is 49.5 Å². The first kappa shape index (κ1) is 36.4. The fourth-order valence-electron chi connectivity index (χ4n) is 9.20. The Morgan fingerprint density at radius 2 is 0.873 bits per heavy atom. The molecular weight excluding hydrogens is 765 g/mol. The molecule has 0 N–H and O–H groups in total. The highest BCUT2D eigenvalue weighted by Crippen LogP contribution is 2.43. The number of hydrogen-bond donors (Lipinski definition) is 0. The molecule has 12 aromatic rings. The molecule has 63 heavy (non-hydrogen) atoms. The van der Waals surface area contributed by atoms with Crippen LogP contribution in [0.5, 0.6) is 0 Å². The summed E-state index contributed by atoms with van der Waals surface area (Å²) in [5.41, 5.74) is 15.8. The molecule has 0 atom stereocenters. The van der Waals surface area contributed by atoms with Crippen LogP contribution >= 0.6 is 0 Å². The fourth-order valence-corrected chi connectivity index (χ4v) is 9.20. The summed E-state index contributed by atoms with van der Waals surface area (Å²) in [5, 5.41) is 5.81. The minimum Gasteiger partial charge on any atom is -0.309 e. The predicted octanol–water partition coefficient (Wildman–Crippen LogP) is 15.3. The molecule has 3 aromatic heterocycles. The van der Waals surface area contributed by atoms with Crippen molar-refractivity contribution >= 4 is 43.5 Å². The number of benzene rings is 9. The monoisotopic (exact) mass is 802 g/mol. The van der Waals surface area contributed by atoms with Gasteiger partial charge in [0.1, 0.15) is 0 Å². The fraction of sp³-hybridized carbons (Fsp3) is 0. The Labute approximate surface area is 365 Å². The number of aromatic nitrogens is 4. The molecular formula is C59H38N4. The second-order valence-electron chi connectivity index (χ2n) is 16.0. The summed E-state index contributed by atoms with van der Waals surface area (Å²) in [6.07, 6.45) is 0. The number of pyridine rings is 1. The predicted molar refractivity (Wildman–Crippen MR) is 262 cm³/mol. The first-order chi connectivity index (χ1) is 31.2. The average molecular weight is 803 g/mol. The second-order valence-corrected chi connectivity index (χ2v) is 16.0. The van der Waals surface area contributed by atoms with Gasteiger partial charge >= 0.3 is 0 Å². The van der Waals surface area contributed by atoms with E-state index in [2.05, 4.69) is 211 Å². The number of nitrogens with zero attached hydrogens (tertiary/aromatic N) is 4. The molecule has 294 valence electrons. The molecule has 0 saturated carbocycles. The van der Waals surface area contributed by atoms with Crippen LogP contribution in [0.3, 0.4) is 0 Å². The first-order valence-corrected chi connectivity index (χ1v) is 21.4. The smallest absolute Gasteiger partial charge is 0.160 e. The van der Waals surface area contributed by atoms with E-state index in [0.717, 1.165) is 83.3 Å². The first-order valence-electron chi connectivity index (χ1n) is 21.4. The molecule has 0 radical (unpaired) electrons. The van der Waals surface area contributed by atoms with Crippen molar-refractivity contribution in [3.05, 3.63) is 231 Å². The van der Waals surface area contributed by atoms with Crippen LogP contribution < -0.4 is 0 Å². The molecule has 0 saturated heterocycles. The zero-order valence-electron chi connectivity index (χ0n) is 34.2. The highest BCUT2D eigenvalue weighted by molar-refractivity contribution is 6.22. The Kier molecular flexibility index (Phi) is 8.79. The van der Waals surface area contributed by atoms with Gasteiger partial charge in [-0.1, -0.05) is 182 Å². The molecule has 12 rings (SSSR count). The van der Waals surface area contributed by atoms with Gasteiger partial charge in [-0.15, -0.1) is 0 Å². The van der Waals surface area contributed by atoms with Gasteiger partial charge in [0.05, 0.1) is 33.6 Å². The second kappa shape index (κ2) is 15.2. The Balaban J connectivity index is 1.06. The van der Waals surface area contributed by atoms with Crippen LogP contribution in [0.15, 0.2) is 231 Å². The third kappa shape index (κ3) is 6.44. The van der Waals surface area contributed by atoms with Crippen LogP contribution in [0, 0.1) is 0 Å². The van der Waals surface area contributed by atoms with Gasteiger partial charge in [0.2, 0.25) is 0 Å². The van der Waals surface area contributed by atoms with Crippen molar-refractivity contribution < 1.29 is 0 Å². The summed E-state index contributed by atoms with van der Waals surface area (Å²) in [6, 6.07) is 81.5. The van der Waals surface area contributed by atoms with Crippen molar-refractivity contribution in [2.75, 3.05) is 0 Å². The zero-order valence-corrected chi connectivity index (χ0v) is 34.2. The van der Waals surface area contributed by atoms with E-state index in [1.807, 2.05) is 24.3 Å².